The first kappa shape index (κ1) is 16.0. The lowest BCUT2D eigenvalue weighted by molar-refractivity contribution is 0.0982. The van der Waals surface area contributed by atoms with E-state index < -0.39 is 0 Å². The standard InChI is InChI=1S/C16H20N4O2S2/c23-16-20(17-11-24-16)12-19-5-3-18(4-6-19)10-13-1-2-14-15(9-13)22-8-7-21-14/h1-2,9,11H,3-8,10,12H2. The van der Waals surface area contributed by atoms with Crippen molar-refractivity contribution in [2.45, 2.75) is 13.2 Å². The third-order valence-electron chi connectivity index (χ3n) is 4.36. The Bertz CT molecular complexity index is 753. The van der Waals surface area contributed by atoms with Crippen LogP contribution in [0.4, 0.5) is 0 Å². The zero-order valence-corrected chi connectivity index (χ0v) is 15.0. The van der Waals surface area contributed by atoms with Gasteiger partial charge in [0.2, 0.25) is 0 Å². The molecule has 2 aliphatic rings. The quantitative estimate of drug-likeness (QED) is 0.775. The van der Waals surface area contributed by atoms with E-state index in [1.807, 2.05) is 10.7 Å². The molecule has 4 rings (SSSR count). The number of aromatic nitrogens is 2. The first-order valence-corrected chi connectivity index (χ1v) is 9.40. The van der Waals surface area contributed by atoms with Crippen LogP contribution in [0.5, 0.6) is 11.5 Å². The Morgan fingerprint density at radius 3 is 2.54 bits per heavy atom. The molecule has 0 bridgehead atoms. The van der Waals surface area contributed by atoms with Gasteiger partial charge in [-0.25, -0.2) is 4.68 Å². The Labute approximate surface area is 150 Å². The molecule has 3 heterocycles. The van der Waals surface area contributed by atoms with Crippen molar-refractivity contribution in [2.75, 3.05) is 39.4 Å². The topological polar surface area (TPSA) is 42.8 Å². The monoisotopic (exact) mass is 364 g/mol. The molecule has 1 aromatic carbocycles. The average molecular weight is 364 g/mol. The molecule has 2 aromatic rings. The van der Waals surface area contributed by atoms with Crippen LogP contribution in [0.25, 0.3) is 0 Å². The van der Waals surface area contributed by atoms with Gasteiger partial charge in [-0.1, -0.05) is 17.4 Å². The molecule has 1 aromatic heterocycles. The highest BCUT2D eigenvalue weighted by Gasteiger charge is 2.19. The normalized spacial score (nSPS) is 18.7. The zero-order chi connectivity index (χ0) is 16.4. The van der Waals surface area contributed by atoms with E-state index in [1.54, 1.807) is 5.51 Å². The zero-order valence-electron chi connectivity index (χ0n) is 13.4. The minimum Gasteiger partial charge on any atom is -0.486 e. The molecular weight excluding hydrogens is 344 g/mol. The van der Waals surface area contributed by atoms with Gasteiger partial charge < -0.3 is 9.47 Å². The van der Waals surface area contributed by atoms with E-state index >= 15 is 0 Å². The Morgan fingerprint density at radius 2 is 1.79 bits per heavy atom. The predicted molar refractivity (Wildman–Crippen MR) is 95.2 cm³/mol. The van der Waals surface area contributed by atoms with Gasteiger partial charge in [0.1, 0.15) is 18.7 Å². The summed E-state index contributed by atoms with van der Waals surface area (Å²) in [6, 6.07) is 6.26. The van der Waals surface area contributed by atoms with Crippen molar-refractivity contribution >= 4 is 23.6 Å². The number of hydrogen-bond acceptors (Lipinski definition) is 7. The summed E-state index contributed by atoms with van der Waals surface area (Å²) in [5.74, 6) is 1.73. The second-order valence-corrected chi connectivity index (χ2v) is 7.50. The SMILES string of the molecule is S=c1scnn1CN1CCN(Cc2ccc3c(c2)OCCO3)CC1. The third kappa shape index (κ3) is 3.61. The molecule has 6 nitrogen and oxygen atoms in total. The number of piperazine rings is 1. The number of fused-ring (bicyclic) bond motifs is 1. The minimum absolute atomic E-state index is 0.633. The number of ether oxygens (including phenoxy) is 2. The summed E-state index contributed by atoms with van der Waals surface area (Å²) in [6.07, 6.45) is 0. The Balaban J connectivity index is 1.31. The maximum Gasteiger partial charge on any atom is 0.180 e. The lowest BCUT2D eigenvalue weighted by Gasteiger charge is -2.34. The third-order valence-corrected chi connectivity index (χ3v) is 5.47. The van der Waals surface area contributed by atoms with Crippen molar-refractivity contribution in [3.63, 3.8) is 0 Å². The van der Waals surface area contributed by atoms with Crippen molar-refractivity contribution in [1.82, 2.24) is 19.6 Å². The van der Waals surface area contributed by atoms with Crippen LogP contribution in [0.15, 0.2) is 23.7 Å². The first-order chi connectivity index (χ1) is 11.8. The summed E-state index contributed by atoms with van der Waals surface area (Å²) in [7, 11) is 0. The first-order valence-electron chi connectivity index (χ1n) is 8.12. The van der Waals surface area contributed by atoms with Gasteiger partial charge in [0.15, 0.2) is 15.5 Å². The van der Waals surface area contributed by atoms with E-state index in [9.17, 15) is 0 Å². The Kier molecular flexibility index (Phi) is 4.79. The molecule has 0 amide bonds. The van der Waals surface area contributed by atoms with Crippen LogP contribution in [0.2, 0.25) is 0 Å². The predicted octanol–water partition coefficient (Wildman–Crippen LogP) is 2.22. The molecule has 0 unspecified atom stereocenters. The van der Waals surface area contributed by atoms with Crippen LogP contribution in [-0.4, -0.2) is 59.0 Å². The van der Waals surface area contributed by atoms with Crippen LogP contribution in [0.3, 0.4) is 0 Å². The van der Waals surface area contributed by atoms with Crippen molar-refractivity contribution in [3.05, 3.63) is 33.2 Å². The molecule has 24 heavy (non-hydrogen) atoms. The van der Waals surface area contributed by atoms with Crippen molar-refractivity contribution < 1.29 is 9.47 Å². The highest BCUT2D eigenvalue weighted by molar-refractivity contribution is 7.73. The second kappa shape index (κ2) is 7.18. The molecule has 1 fully saturated rings. The molecule has 128 valence electrons. The Morgan fingerprint density at radius 1 is 1.04 bits per heavy atom. The van der Waals surface area contributed by atoms with Gasteiger partial charge in [0.25, 0.3) is 0 Å². The molecular formula is C16H20N4O2S2. The summed E-state index contributed by atoms with van der Waals surface area (Å²) < 4.78 is 14.0. The van der Waals surface area contributed by atoms with E-state index in [0.717, 1.165) is 54.8 Å². The number of nitrogens with zero attached hydrogens (tertiary/aromatic N) is 4. The highest BCUT2D eigenvalue weighted by Crippen LogP contribution is 2.31. The van der Waals surface area contributed by atoms with Gasteiger partial charge in [-0.3, -0.25) is 9.80 Å². The van der Waals surface area contributed by atoms with Crippen LogP contribution in [0.1, 0.15) is 5.56 Å². The van der Waals surface area contributed by atoms with Crippen LogP contribution >= 0.6 is 23.6 Å². The smallest absolute Gasteiger partial charge is 0.180 e. The summed E-state index contributed by atoms with van der Waals surface area (Å²) in [5, 5.41) is 4.29. The molecule has 0 radical (unpaired) electrons. The average Bonchev–Trinajstić information content (AvgIpc) is 3.01. The number of hydrogen-bond donors (Lipinski definition) is 0. The molecule has 0 saturated carbocycles. The molecule has 0 spiro atoms. The van der Waals surface area contributed by atoms with Gasteiger partial charge in [0.05, 0.1) is 6.67 Å². The summed E-state index contributed by atoms with van der Waals surface area (Å²) in [4.78, 5) is 4.87. The van der Waals surface area contributed by atoms with Crippen molar-refractivity contribution in [2.24, 2.45) is 0 Å². The number of rotatable bonds is 4. The molecule has 2 aliphatic heterocycles. The van der Waals surface area contributed by atoms with Gasteiger partial charge in [-0.15, -0.1) is 0 Å². The number of benzene rings is 1. The minimum atomic E-state index is 0.633. The van der Waals surface area contributed by atoms with Crippen LogP contribution < -0.4 is 9.47 Å². The maximum absolute atomic E-state index is 5.67. The Hall–Kier alpha value is -1.48. The fourth-order valence-corrected chi connectivity index (χ4v) is 3.76. The van der Waals surface area contributed by atoms with E-state index in [-0.39, 0.29) is 0 Å². The van der Waals surface area contributed by atoms with Gasteiger partial charge in [0, 0.05) is 32.7 Å². The van der Waals surface area contributed by atoms with E-state index in [0.29, 0.717) is 13.2 Å². The lowest BCUT2D eigenvalue weighted by atomic mass is 10.1. The molecule has 1 saturated heterocycles. The van der Waals surface area contributed by atoms with Crippen LogP contribution in [-0.2, 0) is 13.2 Å². The summed E-state index contributed by atoms with van der Waals surface area (Å²) in [6.45, 7) is 7.16. The van der Waals surface area contributed by atoms with E-state index in [1.165, 1.54) is 16.9 Å². The fourth-order valence-electron chi connectivity index (χ4n) is 3.05. The molecule has 8 heteroatoms. The molecule has 0 atom stereocenters. The second-order valence-electron chi connectivity index (χ2n) is 6.02. The van der Waals surface area contributed by atoms with Gasteiger partial charge >= 0.3 is 0 Å². The molecule has 0 N–H and O–H groups in total. The fraction of sp³-hybridized carbons (Fsp3) is 0.500. The lowest BCUT2D eigenvalue weighted by Crippen LogP contribution is -2.46. The van der Waals surface area contributed by atoms with Crippen molar-refractivity contribution in [1.29, 1.82) is 0 Å². The van der Waals surface area contributed by atoms with Gasteiger partial charge in [-0.05, 0) is 29.9 Å². The maximum atomic E-state index is 5.67. The van der Waals surface area contributed by atoms with Gasteiger partial charge in [-0.2, -0.15) is 5.10 Å². The van der Waals surface area contributed by atoms with Crippen LogP contribution in [0, 0.1) is 3.95 Å². The van der Waals surface area contributed by atoms with E-state index in [4.69, 9.17) is 21.7 Å². The largest absolute Gasteiger partial charge is 0.486 e. The highest BCUT2D eigenvalue weighted by atomic mass is 32.1. The van der Waals surface area contributed by atoms with Crippen molar-refractivity contribution in [3.8, 4) is 11.5 Å². The summed E-state index contributed by atoms with van der Waals surface area (Å²) in [5.41, 5.74) is 3.08. The summed E-state index contributed by atoms with van der Waals surface area (Å²) >= 11 is 6.79. The van der Waals surface area contributed by atoms with E-state index in [2.05, 4.69) is 27.0 Å². The molecule has 0 aliphatic carbocycles.